The number of hydrogen-bond donors (Lipinski definition) is 1. The zero-order valence-electron chi connectivity index (χ0n) is 8.16. The molecule has 0 spiro atoms. The number of aliphatic imine (C=N–C) groups is 1. The van der Waals surface area contributed by atoms with E-state index >= 15 is 0 Å². The Balaban J connectivity index is 4.01. The van der Waals surface area contributed by atoms with E-state index < -0.39 is 0 Å². The van der Waals surface area contributed by atoms with Gasteiger partial charge in [0.25, 0.3) is 0 Å². The number of ketones is 1. The number of nitrogens with zero attached hydrogens (tertiary/aromatic N) is 2. The van der Waals surface area contributed by atoms with Crippen LogP contribution in [0.25, 0.3) is 0 Å². The summed E-state index contributed by atoms with van der Waals surface area (Å²) >= 11 is 0. The molecule has 0 fully saturated rings. The van der Waals surface area contributed by atoms with Crippen LogP contribution in [0.1, 0.15) is 13.8 Å². The molecule has 12 heavy (non-hydrogen) atoms. The molecule has 2 N–H and O–H groups in total. The van der Waals surface area contributed by atoms with Crippen molar-refractivity contribution < 1.29 is 4.79 Å². The lowest BCUT2D eigenvalue weighted by atomic mass is 10.1. The fraction of sp³-hybridized carbons (Fsp3) is 0.750. The van der Waals surface area contributed by atoms with Crippen LogP contribution < -0.4 is 5.73 Å². The van der Waals surface area contributed by atoms with Gasteiger partial charge in [-0.05, 0) is 0 Å². The highest BCUT2D eigenvalue weighted by Crippen LogP contribution is 1.95. The third kappa shape index (κ3) is 3.37. The minimum Gasteiger partial charge on any atom is -0.370 e. The smallest absolute Gasteiger partial charge is 0.191 e. The van der Waals surface area contributed by atoms with E-state index in [9.17, 15) is 4.79 Å². The fourth-order valence-electron chi connectivity index (χ4n) is 0.668. The van der Waals surface area contributed by atoms with Crippen LogP contribution in [0, 0.1) is 5.92 Å². The molecule has 0 unspecified atom stereocenters. The van der Waals surface area contributed by atoms with Gasteiger partial charge >= 0.3 is 0 Å². The van der Waals surface area contributed by atoms with Gasteiger partial charge < -0.3 is 10.6 Å². The number of rotatable bonds is 3. The zero-order valence-corrected chi connectivity index (χ0v) is 8.16. The van der Waals surface area contributed by atoms with Crippen LogP contribution >= 0.6 is 0 Å². The van der Waals surface area contributed by atoms with E-state index in [4.69, 9.17) is 5.73 Å². The van der Waals surface area contributed by atoms with Gasteiger partial charge in [0.15, 0.2) is 11.7 Å². The van der Waals surface area contributed by atoms with Gasteiger partial charge in [-0.25, -0.2) is 0 Å². The Bertz CT molecular complexity index is 187. The molecule has 0 saturated carbocycles. The number of likely N-dealkylation sites (N-methyl/N-ethyl adjacent to an activating group) is 1. The minimum absolute atomic E-state index is 0.0529. The first-order valence-electron chi connectivity index (χ1n) is 3.95. The number of hydrogen-bond acceptors (Lipinski definition) is 2. The normalized spacial score (nSPS) is 11.9. The summed E-state index contributed by atoms with van der Waals surface area (Å²) in [5, 5.41) is 0. The maximum atomic E-state index is 11.2. The van der Waals surface area contributed by atoms with E-state index in [1.54, 1.807) is 19.0 Å². The Labute approximate surface area is 73.5 Å². The summed E-state index contributed by atoms with van der Waals surface area (Å²) in [6, 6.07) is 0. The molecule has 0 bridgehead atoms. The summed E-state index contributed by atoms with van der Waals surface area (Å²) in [5.74, 6) is 0.616. The van der Waals surface area contributed by atoms with Crippen LogP contribution in [-0.2, 0) is 4.79 Å². The molecule has 0 rings (SSSR count). The van der Waals surface area contributed by atoms with Crippen LogP contribution in [0.3, 0.4) is 0 Å². The van der Waals surface area contributed by atoms with Gasteiger partial charge in [0.05, 0.1) is 6.54 Å². The highest BCUT2D eigenvalue weighted by Gasteiger charge is 2.10. The first kappa shape index (κ1) is 10.9. The van der Waals surface area contributed by atoms with Crippen molar-refractivity contribution in [3.63, 3.8) is 0 Å². The largest absolute Gasteiger partial charge is 0.370 e. The molecule has 4 heteroatoms. The van der Waals surface area contributed by atoms with Gasteiger partial charge in [-0.2, -0.15) is 0 Å². The van der Waals surface area contributed by atoms with E-state index in [0.29, 0.717) is 12.5 Å². The number of carbonyl (C=O) groups excluding carboxylic acids is 1. The molecule has 0 saturated heterocycles. The second kappa shape index (κ2) is 4.74. The number of guanidine groups is 1. The Kier molecular flexibility index (Phi) is 4.33. The van der Waals surface area contributed by atoms with Crippen molar-refractivity contribution in [3.05, 3.63) is 0 Å². The van der Waals surface area contributed by atoms with E-state index in [2.05, 4.69) is 4.99 Å². The van der Waals surface area contributed by atoms with Crippen molar-refractivity contribution >= 4 is 11.7 Å². The standard InChI is InChI=1S/C8H17N3O/c1-6(2)7(12)5-11(4)8(9)10-3/h6H,5H2,1-4H3,(H2,9,10). The molecule has 0 aliphatic rings. The SMILES string of the molecule is CN=C(N)N(C)CC(=O)C(C)C. The number of nitrogens with two attached hydrogens (primary N) is 1. The molecular weight excluding hydrogens is 154 g/mol. The third-order valence-electron chi connectivity index (χ3n) is 1.66. The Hall–Kier alpha value is -1.06. The minimum atomic E-state index is 0.0529. The summed E-state index contributed by atoms with van der Waals surface area (Å²) < 4.78 is 0. The van der Waals surface area contributed by atoms with Crippen molar-refractivity contribution in [2.45, 2.75) is 13.8 Å². The van der Waals surface area contributed by atoms with Gasteiger partial charge in [0, 0.05) is 20.0 Å². The second-order valence-corrected chi connectivity index (χ2v) is 3.06. The van der Waals surface area contributed by atoms with Crippen molar-refractivity contribution in [3.8, 4) is 0 Å². The fourth-order valence-corrected chi connectivity index (χ4v) is 0.668. The van der Waals surface area contributed by atoms with Crippen LogP contribution in [0.5, 0.6) is 0 Å². The molecular formula is C8H17N3O. The van der Waals surface area contributed by atoms with E-state index in [1.807, 2.05) is 13.8 Å². The predicted molar refractivity (Wildman–Crippen MR) is 50.0 cm³/mol. The molecule has 0 aliphatic heterocycles. The summed E-state index contributed by atoms with van der Waals surface area (Å²) in [6.45, 7) is 4.08. The van der Waals surface area contributed by atoms with Gasteiger partial charge in [-0.15, -0.1) is 0 Å². The zero-order chi connectivity index (χ0) is 9.72. The molecule has 0 radical (unpaired) electrons. The summed E-state index contributed by atoms with van der Waals surface area (Å²) in [7, 11) is 3.36. The molecule has 0 atom stereocenters. The van der Waals surface area contributed by atoms with Gasteiger partial charge in [-0.3, -0.25) is 9.79 Å². The lowest BCUT2D eigenvalue weighted by Crippen LogP contribution is -2.38. The molecule has 0 aliphatic carbocycles. The average Bonchev–Trinajstić information content (AvgIpc) is 2.02. The van der Waals surface area contributed by atoms with E-state index in [0.717, 1.165) is 0 Å². The highest BCUT2D eigenvalue weighted by atomic mass is 16.1. The Morgan fingerprint density at radius 1 is 1.58 bits per heavy atom. The highest BCUT2D eigenvalue weighted by molar-refractivity contribution is 5.87. The van der Waals surface area contributed by atoms with E-state index in [-0.39, 0.29) is 11.7 Å². The molecule has 0 heterocycles. The number of Topliss-reactive ketones (excluding diaryl/α,β-unsaturated/α-hetero) is 1. The summed E-state index contributed by atoms with van der Waals surface area (Å²) in [4.78, 5) is 16.6. The lowest BCUT2D eigenvalue weighted by Gasteiger charge is -2.17. The van der Waals surface area contributed by atoms with Gasteiger partial charge in [-0.1, -0.05) is 13.8 Å². The molecule has 0 aromatic rings. The Morgan fingerprint density at radius 3 is 2.42 bits per heavy atom. The first-order chi connectivity index (χ1) is 5.49. The van der Waals surface area contributed by atoms with Gasteiger partial charge in [0.1, 0.15) is 0 Å². The molecule has 4 nitrogen and oxygen atoms in total. The summed E-state index contributed by atoms with van der Waals surface area (Å²) in [6.07, 6.45) is 0. The van der Waals surface area contributed by atoms with Crippen LogP contribution in [0.15, 0.2) is 4.99 Å². The summed E-state index contributed by atoms with van der Waals surface area (Å²) in [5.41, 5.74) is 5.49. The maximum Gasteiger partial charge on any atom is 0.191 e. The average molecular weight is 171 g/mol. The van der Waals surface area contributed by atoms with Crippen molar-refractivity contribution in [1.82, 2.24) is 4.90 Å². The molecule has 70 valence electrons. The van der Waals surface area contributed by atoms with Crippen molar-refractivity contribution in [2.75, 3.05) is 20.6 Å². The topological polar surface area (TPSA) is 58.7 Å². The number of carbonyl (C=O) groups is 1. The van der Waals surface area contributed by atoms with Crippen molar-refractivity contribution in [2.24, 2.45) is 16.6 Å². The van der Waals surface area contributed by atoms with Crippen LogP contribution in [0.4, 0.5) is 0 Å². The van der Waals surface area contributed by atoms with Crippen LogP contribution in [0.2, 0.25) is 0 Å². The first-order valence-corrected chi connectivity index (χ1v) is 3.95. The predicted octanol–water partition coefficient (Wildman–Crippen LogP) is 0.0878. The molecule has 0 aromatic carbocycles. The van der Waals surface area contributed by atoms with Gasteiger partial charge in [0.2, 0.25) is 0 Å². The van der Waals surface area contributed by atoms with Crippen LogP contribution in [-0.4, -0.2) is 37.3 Å². The third-order valence-corrected chi connectivity index (χ3v) is 1.66. The van der Waals surface area contributed by atoms with E-state index in [1.165, 1.54) is 0 Å². The maximum absolute atomic E-state index is 11.2. The monoisotopic (exact) mass is 171 g/mol. The van der Waals surface area contributed by atoms with Crippen molar-refractivity contribution in [1.29, 1.82) is 0 Å². The second-order valence-electron chi connectivity index (χ2n) is 3.06. The quantitative estimate of drug-likeness (QED) is 0.483. The molecule has 0 aromatic heterocycles. The lowest BCUT2D eigenvalue weighted by molar-refractivity contribution is -0.122. The Morgan fingerprint density at radius 2 is 2.08 bits per heavy atom. The molecule has 0 amide bonds.